The average molecular weight is 427 g/mol. The molecule has 31 heavy (non-hydrogen) atoms. The minimum atomic E-state index is -0.169. The zero-order valence-corrected chi connectivity index (χ0v) is 17.3. The van der Waals surface area contributed by atoms with Crippen molar-refractivity contribution in [3.63, 3.8) is 0 Å². The number of hydrogen-bond donors (Lipinski definition) is 1. The van der Waals surface area contributed by atoms with E-state index in [2.05, 4.69) is 43.3 Å². The fraction of sp³-hybridized carbons (Fsp3) is 0.0870. The molecule has 0 saturated carbocycles. The van der Waals surface area contributed by atoms with Crippen LogP contribution >= 0.6 is 11.8 Å². The molecular formula is C23H18N6OS. The molecule has 152 valence electrons. The van der Waals surface area contributed by atoms with E-state index in [9.17, 15) is 4.79 Å². The smallest absolute Gasteiger partial charge is 0.236 e. The maximum absolute atomic E-state index is 12.2. The number of amides is 1. The molecule has 5 rings (SSSR count). The predicted molar refractivity (Wildman–Crippen MR) is 122 cm³/mol. The van der Waals surface area contributed by atoms with Gasteiger partial charge in [-0.15, -0.1) is 10.2 Å². The van der Waals surface area contributed by atoms with Crippen molar-refractivity contribution in [2.24, 2.45) is 0 Å². The van der Waals surface area contributed by atoms with Crippen LogP contribution in [0.5, 0.6) is 0 Å². The number of benzene rings is 2. The molecule has 3 heterocycles. The SMILES string of the molecule is O=C(CSc1nnc2c3ccccc3n(Cc3ccccc3)c2n1)Nc1ccccn1. The van der Waals surface area contributed by atoms with Crippen molar-refractivity contribution >= 4 is 45.6 Å². The second-order valence-corrected chi connectivity index (χ2v) is 7.85. The van der Waals surface area contributed by atoms with Crippen molar-refractivity contribution < 1.29 is 4.79 Å². The second kappa shape index (κ2) is 8.53. The highest BCUT2D eigenvalue weighted by Gasteiger charge is 2.16. The van der Waals surface area contributed by atoms with Gasteiger partial charge in [0.15, 0.2) is 5.65 Å². The number of para-hydroxylation sites is 1. The van der Waals surface area contributed by atoms with E-state index >= 15 is 0 Å². The van der Waals surface area contributed by atoms with E-state index in [-0.39, 0.29) is 11.7 Å². The van der Waals surface area contributed by atoms with Gasteiger partial charge >= 0.3 is 0 Å². The Morgan fingerprint density at radius 1 is 0.935 bits per heavy atom. The van der Waals surface area contributed by atoms with Crippen LogP contribution in [-0.4, -0.2) is 36.4 Å². The van der Waals surface area contributed by atoms with Crippen LogP contribution in [-0.2, 0) is 11.3 Å². The molecule has 0 aliphatic heterocycles. The summed E-state index contributed by atoms with van der Waals surface area (Å²) in [5.41, 5.74) is 3.74. The third kappa shape index (κ3) is 4.10. The van der Waals surface area contributed by atoms with Gasteiger partial charge in [0.1, 0.15) is 11.3 Å². The van der Waals surface area contributed by atoms with Gasteiger partial charge in [0.2, 0.25) is 11.1 Å². The van der Waals surface area contributed by atoms with E-state index in [1.165, 1.54) is 17.3 Å². The monoisotopic (exact) mass is 426 g/mol. The van der Waals surface area contributed by atoms with Gasteiger partial charge < -0.3 is 9.88 Å². The largest absolute Gasteiger partial charge is 0.319 e. The molecule has 0 bridgehead atoms. The van der Waals surface area contributed by atoms with E-state index < -0.39 is 0 Å². The summed E-state index contributed by atoms with van der Waals surface area (Å²) in [4.78, 5) is 21.1. The van der Waals surface area contributed by atoms with Crippen molar-refractivity contribution in [1.29, 1.82) is 0 Å². The van der Waals surface area contributed by atoms with Crippen LogP contribution in [0.4, 0.5) is 5.82 Å². The molecule has 0 atom stereocenters. The lowest BCUT2D eigenvalue weighted by atomic mass is 10.2. The molecule has 0 spiro atoms. The highest BCUT2D eigenvalue weighted by molar-refractivity contribution is 7.99. The molecule has 0 unspecified atom stereocenters. The fourth-order valence-corrected chi connectivity index (χ4v) is 4.00. The molecule has 5 aromatic rings. The van der Waals surface area contributed by atoms with Crippen LogP contribution in [0.3, 0.4) is 0 Å². The molecule has 0 saturated heterocycles. The van der Waals surface area contributed by atoms with Gasteiger partial charge in [0.25, 0.3) is 0 Å². The zero-order chi connectivity index (χ0) is 21.0. The van der Waals surface area contributed by atoms with E-state index in [0.29, 0.717) is 17.5 Å². The van der Waals surface area contributed by atoms with Gasteiger partial charge in [-0.25, -0.2) is 9.97 Å². The molecule has 7 nitrogen and oxygen atoms in total. The summed E-state index contributed by atoms with van der Waals surface area (Å²) >= 11 is 1.25. The van der Waals surface area contributed by atoms with Crippen LogP contribution < -0.4 is 5.32 Å². The number of anilines is 1. The van der Waals surface area contributed by atoms with Crippen molar-refractivity contribution in [3.05, 3.63) is 84.6 Å². The quantitative estimate of drug-likeness (QED) is 0.411. The fourth-order valence-electron chi connectivity index (χ4n) is 3.42. The molecular weight excluding hydrogens is 408 g/mol. The molecule has 1 N–H and O–H groups in total. The first-order valence-electron chi connectivity index (χ1n) is 9.77. The van der Waals surface area contributed by atoms with Gasteiger partial charge in [0, 0.05) is 18.1 Å². The number of hydrogen-bond acceptors (Lipinski definition) is 6. The molecule has 3 aromatic heterocycles. The van der Waals surface area contributed by atoms with Crippen LogP contribution in [0.2, 0.25) is 0 Å². The van der Waals surface area contributed by atoms with Gasteiger partial charge in [-0.2, -0.15) is 0 Å². The van der Waals surface area contributed by atoms with Crippen molar-refractivity contribution in [3.8, 4) is 0 Å². The van der Waals surface area contributed by atoms with Crippen molar-refractivity contribution in [2.45, 2.75) is 11.7 Å². The number of carbonyl (C=O) groups is 1. The summed E-state index contributed by atoms with van der Waals surface area (Å²) < 4.78 is 2.15. The Bertz CT molecular complexity index is 1350. The number of thioether (sulfide) groups is 1. The number of nitrogens with one attached hydrogen (secondary N) is 1. The van der Waals surface area contributed by atoms with Crippen LogP contribution in [0, 0.1) is 0 Å². The minimum Gasteiger partial charge on any atom is -0.319 e. The first-order valence-corrected chi connectivity index (χ1v) is 10.8. The zero-order valence-electron chi connectivity index (χ0n) is 16.5. The standard InChI is InChI=1S/C23H18N6OS/c30-20(25-19-12-6-7-13-24-19)15-31-23-26-22-21(27-28-23)17-10-4-5-11-18(17)29(22)14-16-8-2-1-3-9-16/h1-13H,14-15H2,(H,24,25,30). The molecule has 1 amide bonds. The Morgan fingerprint density at radius 2 is 1.74 bits per heavy atom. The van der Waals surface area contributed by atoms with Crippen LogP contribution in [0.15, 0.2) is 84.1 Å². The molecule has 0 fully saturated rings. The van der Waals surface area contributed by atoms with Crippen molar-refractivity contribution in [2.75, 3.05) is 11.1 Å². The van der Waals surface area contributed by atoms with E-state index in [1.807, 2.05) is 42.5 Å². The Labute approximate surface area is 182 Å². The van der Waals surface area contributed by atoms with Crippen molar-refractivity contribution in [1.82, 2.24) is 24.7 Å². The van der Waals surface area contributed by atoms with E-state index in [0.717, 1.165) is 22.1 Å². The lowest BCUT2D eigenvalue weighted by Gasteiger charge is -2.07. The molecule has 0 radical (unpaired) electrons. The Hall–Kier alpha value is -3.78. The molecule has 0 aliphatic rings. The number of rotatable bonds is 6. The van der Waals surface area contributed by atoms with E-state index in [4.69, 9.17) is 4.98 Å². The number of pyridine rings is 1. The Kier molecular flexibility index (Phi) is 5.28. The molecule has 8 heteroatoms. The summed E-state index contributed by atoms with van der Waals surface area (Å²) in [6, 6.07) is 23.7. The third-order valence-electron chi connectivity index (χ3n) is 4.80. The normalized spacial score (nSPS) is 11.1. The summed E-state index contributed by atoms with van der Waals surface area (Å²) in [5, 5.41) is 12.9. The predicted octanol–water partition coefficient (Wildman–Crippen LogP) is 4.15. The summed E-state index contributed by atoms with van der Waals surface area (Å²) in [5.74, 6) is 0.519. The van der Waals surface area contributed by atoms with Gasteiger partial charge in [0.05, 0.1) is 11.3 Å². The average Bonchev–Trinajstić information content (AvgIpc) is 3.12. The maximum Gasteiger partial charge on any atom is 0.236 e. The number of carbonyl (C=O) groups excluding carboxylic acids is 1. The Morgan fingerprint density at radius 3 is 2.58 bits per heavy atom. The molecule has 0 aliphatic carbocycles. The minimum absolute atomic E-state index is 0.169. The van der Waals surface area contributed by atoms with Gasteiger partial charge in [-0.1, -0.05) is 66.4 Å². The first-order chi connectivity index (χ1) is 15.3. The van der Waals surface area contributed by atoms with Crippen LogP contribution in [0.1, 0.15) is 5.56 Å². The number of nitrogens with zero attached hydrogens (tertiary/aromatic N) is 5. The lowest BCUT2D eigenvalue weighted by molar-refractivity contribution is -0.113. The second-order valence-electron chi connectivity index (χ2n) is 6.91. The summed E-state index contributed by atoms with van der Waals surface area (Å²) in [6.45, 7) is 0.674. The number of fused-ring (bicyclic) bond motifs is 3. The first kappa shape index (κ1) is 19.2. The molecule has 2 aromatic carbocycles. The lowest BCUT2D eigenvalue weighted by Crippen LogP contribution is -2.15. The van der Waals surface area contributed by atoms with Crippen LogP contribution in [0.25, 0.3) is 22.1 Å². The van der Waals surface area contributed by atoms with E-state index in [1.54, 1.807) is 18.3 Å². The maximum atomic E-state index is 12.2. The highest BCUT2D eigenvalue weighted by Crippen LogP contribution is 2.28. The van der Waals surface area contributed by atoms with Gasteiger partial charge in [-0.05, 0) is 23.8 Å². The highest BCUT2D eigenvalue weighted by atomic mass is 32.2. The van der Waals surface area contributed by atoms with Gasteiger partial charge in [-0.3, -0.25) is 4.79 Å². The summed E-state index contributed by atoms with van der Waals surface area (Å²) in [6.07, 6.45) is 1.63. The Balaban J connectivity index is 1.43. The third-order valence-corrected chi connectivity index (χ3v) is 5.64. The number of aromatic nitrogens is 5. The topological polar surface area (TPSA) is 85.6 Å². The summed E-state index contributed by atoms with van der Waals surface area (Å²) in [7, 11) is 0.